The Balaban J connectivity index is 2.67. The average molecular weight is 210 g/mol. The predicted molar refractivity (Wildman–Crippen MR) is 46.1 cm³/mol. The summed E-state index contributed by atoms with van der Waals surface area (Å²) in [5.74, 6) is -0.152. The van der Waals surface area contributed by atoms with Crippen molar-refractivity contribution >= 4 is 28.1 Å². The van der Waals surface area contributed by atoms with E-state index >= 15 is 0 Å². The fourth-order valence-corrected chi connectivity index (χ4v) is 1.39. The number of carbonyl (C=O) groups excluding carboxylic acids is 1. The number of carbonyl (C=O) groups is 1. The van der Waals surface area contributed by atoms with Crippen LogP contribution in [-0.2, 0) is 0 Å². The number of hydrogen-bond donors (Lipinski definition) is 0. The first-order valence-electron chi connectivity index (χ1n) is 3.15. The largest absolute Gasteiger partial charge is 0.277 e. The van der Waals surface area contributed by atoms with Crippen LogP contribution in [-0.4, -0.2) is 12.1 Å². The summed E-state index contributed by atoms with van der Waals surface area (Å²) in [5, 5.41) is 0. The van der Waals surface area contributed by atoms with Gasteiger partial charge >= 0.3 is 0 Å². The van der Waals surface area contributed by atoms with Crippen LogP contribution in [0.25, 0.3) is 0 Å². The molecule has 0 fully saturated rings. The molecule has 0 atom stereocenters. The summed E-state index contributed by atoms with van der Waals surface area (Å²) < 4.78 is 0.912. The van der Waals surface area contributed by atoms with E-state index in [-0.39, 0.29) is 5.91 Å². The molecule has 3 heteroatoms. The molecule has 1 aliphatic rings. The molecule has 1 aromatic carbocycles. The molecule has 1 aliphatic heterocycles. The van der Waals surface area contributed by atoms with E-state index in [1.54, 1.807) is 12.3 Å². The molecule has 0 aromatic heterocycles. The predicted octanol–water partition coefficient (Wildman–Crippen LogP) is 2.02. The Kier molecular flexibility index (Phi) is 1.39. The van der Waals surface area contributed by atoms with Gasteiger partial charge in [-0.3, -0.25) is 4.79 Å². The molecule has 0 spiro atoms. The smallest absolute Gasteiger partial charge is 0.267 e. The highest BCUT2D eigenvalue weighted by atomic mass is 79.9. The first-order valence-corrected chi connectivity index (χ1v) is 3.94. The summed E-state index contributed by atoms with van der Waals surface area (Å²) in [6.45, 7) is 0. The molecule has 1 aromatic rings. The number of aliphatic imine (C=N–C) groups is 1. The number of rotatable bonds is 0. The minimum atomic E-state index is -0.152. The van der Waals surface area contributed by atoms with Gasteiger partial charge in [-0.05, 0) is 12.1 Å². The van der Waals surface area contributed by atoms with Crippen LogP contribution in [0.2, 0.25) is 0 Å². The molecule has 0 radical (unpaired) electrons. The van der Waals surface area contributed by atoms with Crippen molar-refractivity contribution in [2.75, 3.05) is 0 Å². The van der Waals surface area contributed by atoms with Gasteiger partial charge in [-0.1, -0.05) is 22.0 Å². The number of fused-ring (bicyclic) bond motifs is 1. The molecule has 54 valence electrons. The number of benzene rings is 1. The molecule has 0 aliphatic carbocycles. The van der Waals surface area contributed by atoms with E-state index in [9.17, 15) is 4.79 Å². The molecular weight excluding hydrogens is 206 g/mol. The molecule has 0 bridgehead atoms. The van der Waals surface area contributed by atoms with Gasteiger partial charge in [-0.25, -0.2) is 4.99 Å². The molecule has 1 amide bonds. The van der Waals surface area contributed by atoms with Gasteiger partial charge in [0.05, 0.1) is 5.56 Å². The molecule has 2 nitrogen and oxygen atoms in total. The van der Waals surface area contributed by atoms with Gasteiger partial charge in [-0.2, -0.15) is 0 Å². The third kappa shape index (κ3) is 1.01. The Morgan fingerprint density at radius 2 is 2.18 bits per heavy atom. The minimum Gasteiger partial charge on any atom is -0.267 e. The van der Waals surface area contributed by atoms with Crippen LogP contribution in [0.4, 0.5) is 0 Å². The molecule has 2 rings (SSSR count). The Labute approximate surface area is 72.1 Å². The first-order chi connectivity index (χ1) is 5.27. The van der Waals surface area contributed by atoms with Gasteiger partial charge in [0.2, 0.25) is 0 Å². The zero-order chi connectivity index (χ0) is 7.84. The third-order valence-electron chi connectivity index (χ3n) is 1.57. The number of hydrogen-bond acceptors (Lipinski definition) is 1. The Bertz CT molecular complexity index is 357. The van der Waals surface area contributed by atoms with Crippen LogP contribution < -0.4 is 0 Å². The van der Waals surface area contributed by atoms with Crippen molar-refractivity contribution < 1.29 is 4.79 Å². The van der Waals surface area contributed by atoms with Crippen LogP contribution in [0.3, 0.4) is 0 Å². The van der Waals surface area contributed by atoms with Crippen LogP contribution in [0.5, 0.6) is 0 Å². The van der Waals surface area contributed by atoms with Crippen molar-refractivity contribution in [2.24, 2.45) is 4.99 Å². The molecule has 11 heavy (non-hydrogen) atoms. The van der Waals surface area contributed by atoms with E-state index in [2.05, 4.69) is 20.9 Å². The van der Waals surface area contributed by atoms with Gasteiger partial charge < -0.3 is 0 Å². The summed E-state index contributed by atoms with van der Waals surface area (Å²) >= 11 is 3.28. The summed E-state index contributed by atoms with van der Waals surface area (Å²) in [6.07, 6.45) is 1.59. The zero-order valence-corrected chi connectivity index (χ0v) is 7.13. The van der Waals surface area contributed by atoms with Crippen LogP contribution in [0.1, 0.15) is 15.9 Å². The SMILES string of the molecule is O=C1N=Cc2ccc(Br)cc21. The van der Waals surface area contributed by atoms with Gasteiger partial charge in [0.15, 0.2) is 0 Å². The second-order valence-corrected chi connectivity index (χ2v) is 3.21. The van der Waals surface area contributed by atoms with Crippen LogP contribution in [0, 0.1) is 0 Å². The van der Waals surface area contributed by atoms with E-state index in [0.29, 0.717) is 5.56 Å². The van der Waals surface area contributed by atoms with E-state index in [0.717, 1.165) is 10.0 Å². The summed E-state index contributed by atoms with van der Waals surface area (Å²) in [5.41, 5.74) is 1.58. The van der Waals surface area contributed by atoms with E-state index in [1.165, 1.54) is 0 Å². The minimum absolute atomic E-state index is 0.152. The highest BCUT2D eigenvalue weighted by Crippen LogP contribution is 2.19. The molecule has 0 N–H and O–H groups in total. The maximum Gasteiger partial charge on any atom is 0.277 e. The van der Waals surface area contributed by atoms with Crippen molar-refractivity contribution in [1.29, 1.82) is 0 Å². The lowest BCUT2D eigenvalue weighted by atomic mass is 10.1. The monoisotopic (exact) mass is 209 g/mol. The second-order valence-electron chi connectivity index (χ2n) is 2.29. The van der Waals surface area contributed by atoms with E-state index < -0.39 is 0 Å². The highest BCUT2D eigenvalue weighted by molar-refractivity contribution is 9.10. The molecule has 0 saturated heterocycles. The van der Waals surface area contributed by atoms with Crippen LogP contribution in [0.15, 0.2) is 27.7 Å². The normalized spacial score (nSPS) is 13.7. The number of halogens is 1. The fourth-order valence-electron chi connectivity index (χ4n) is 1.02. The van der Waals surface area contributed by atoms with Crippen molar-refractivity contribution in [3.05, 3.63) is 33.8 Å². The lowest BCUT2D eigenvalue weighted by Crippen LogP contribution is -1.90. The number of nitrogens with zero attached hydrogens (tertiary/aromatic N) is 1. The van der Waals surface area contributed by atoms with Gasteiger partial charge in [-0.15, -0.1) is 0 Å². The summed E-state index contributed by atoms with van der Waals surface area (Å²) in [7, 11) is 0. The van der Waals surface area contributed by atoms with E-state index in [1.807, 2.05) is 12.1 Å². The maximum atomic E-state index is 11.0. The highest BCUT2D eigenvalue weighted by Gasteiger charge is 2.14. The van der Waals surface area contributed by atoms with Gasteiger partial charge in [0, 0.05) is 16.3 Å². The molecule has 1 heterocycles. The molecule has 0 saturated carbocycles. The van der Waals surface area contributed by atoms with Crippen LogP contribution >= 0.6 is 15.9 Å². The third-order valence-corrected chi connectivity index (χ3v) is 2.06. The first kappa shape index (κ1) is 6.73. The summed E-state index contributed by atoms with van der Waals surface area (Å²) in [6, 6.07) is 5.54. The topological polar surface area (TPSA) is 29.4 Å². The standard InChI is InChI=1S/C8H4BrNO/c9-6-2-1-5-4-10-8(11)7(5)3-6/h1-4H. The summed E-state index contributed by atoms with van der Waals surface area (Å²) in [4.78, 5) is 14.7. The molecule has 0 unspecified atom stereocenters. The van der Waals surface area contributed by atoms with Crippen molar-refractivity contribution in [2.45, 2.75) is 0 Å². The van der Waals surface area contributed by atoms with Crippen molar-refractivity contribution in [3.8, 4) is 0 Å². The van der Waals surface area contributed by atoms with Gasteiger partial charge in [0.25, 0.3) is 5.91 Å². The van der Waals surface area contributed by atoms with Crippen molar-refractivity contribution in [3.63, 3.8) is 0 Å². The molecular formula is C8H4BrNO. The average Bonchev–Trinajstić information content (AvgIpc) is 2.33. The van der Waals surface area contributed by atoms with Gasteiger partial charge in [0.1, 0.15) is 0 Å². The van der Waals surface area contributed by atoms with Crippen molar-refractivity contribution in [1.82, 2.24) is 0 Å². The maximum absolute atomic E-state index is 11.0. The Hall–Kier alpha value is -0.960. The van der Waals surface area contributed by atoms with E-state index in [4.69, 9.17) is 0 Å². The Morgan fingerprint density at radius 3 is 3.00 bits per heavy atom. The lowest BCUT2D eigenvalue weighted by molar-refractivity contribution is 0.101. The number of amides is 1. The zero-order valence-electron chi connectivity index (χ0n) is 5.54. The fraction of sp³-hybridized carbons (Fsp3) is 0. The second kappa shape index (κ2) is 2.27. The Morgan fingerprint density at radius 1 is 1.36 bits per heavy atom. The quantitative estimate of drug-likeness (QED) is 0.644. The lowest BCUT2D eigenvalue weighted by Gasteiger charge is -1.94.